The molecule has 0 fully saturated rings. The van der Waals surface area contributed by atoms with Gasteiger partial charge in [0.1, 0.15) is 6.20 Å². The summed E-state index contributed by atoms with van der Waals surface area (Å²) in [4.78, 5) is 14.3. The first-order valence-corrected chi connectivity index (χ1v) is 6.67. The van der Waals surface area contributed by atoms with E-state index < -0.39 is 4.92 Å². The second kappa shape index (κ2) is 7.23. The van der Waals surface area contributed by atoms with Crippen LogP contribution in [0.4, 0.5) is 5.69 Å². The molecule has 1 unspecified atom stereocenters. The average molecular weight is 315 g/mol. The van der Waals surface area contributed by atoms with Crippen LogP contribution in [0.2, 0.25) is 0 Å². The standard InChI is InChI=1S/C12H15BrN2O3/c1-9(7-13)6-10(3-5-16)11-2-4-14-8-12(11)15(17)18/h2-4,8-9,16H,5-7H2,1H3. The smallest absolute Gasteiger partial charge is 0.294 e. The van der Waals surface area contributed by atoms with E-state index in [4.69, 9.17) is 5.11 Å². The Balaban J connectivity index is 3.14. The molecule has 1 aromatic rings. The molecule has 6 heteroatoms. The van der Waals surface area contributed by atoms with Gasteiger partial charge in [0, 0.05) is 11.5 Å². The van der Waals surface area contributed by atoms with E-state index >= 15 is 0 Å². The summed E-state index contributed by atoms with van der Waals surface area (Å²) in [5.41, 5.74) is 1.27. The van der Waals surface area contributed by atoms with E-state index in [-0.39, 0.29) is 12.3 Å². The van der Waals surface area contributed by atoms with Gasteiger partial charge in [0.25, 0.3) is 5.69 Å². The van der Waals surface area contributed by atoms with Gasteiger partial charge in [0.05, 0.1) is 17.1 Å². The van der Waals surface area contributed by atoms with Crippen molar-refractivity contribution in [2.24, 2.45) is 5.92 Å². The zero-order valence-corrected chi connectivity index (χ0v) is 11.6. The minimum Gasteiger partial charge on any atom is -0.392 e. The molecule has 18 heavy (non-hydrogen) atoms. The fourth-order valence-electron chi connectivity index (χ4n) is 1.65. The van der Waals surface area contributed by atoms with Crippen LogP contribution in [0.25, 0.3) is 5.57 Å². The van der Waals surface area contributed by atoms with Gasteiger partial charge in [-0.1, -0.05) is 28.9 Å². The molecule has 1 N–H and O–H groups in total. The van der Waals surface area contributed by atoms with Crippen LogP contribution in [-0.2, 0) is 0 Å². The number of pyridine rings is 1. The summed E-state index contributed by atoms with van der Waals surface area (Å²) in [5.74, 6) is 0.329. The molecule has 0 aliphatic rings. The molecule has 0 saturated heterocycles. The third-order valence-corrected chi connectivity index (χ3v) is 3.62. The van der Waals surface area contributed by atoms with Crippen molar-refractivity contribution in [3.63, 3.8) is 0 Å². The van der Waals surface area contributed by atoms with Gasteiger partial charge in [-0.15, -0.1) is 0 Å². The number of aromatic nitrogens is 1. The molecular formula is C12H15BrN2O3. The summed E-state index contributed by atoms with van der Waals surface area (Å²) in [6, 6.07) is 1.61. The monoisotopic (exact) mass is 314 g/mol. The quantitative estimate of drug-likeness (QED) is 0.497. The Morgan fingerprint density at radius 3 is 3.00 bits per heavy atom. The number of aliphatic hydroxyl groups excluding tert-OH is 1. The molecule has 0 saturated carbocycles. The Labute approximate surface area is 114 Å². The summed E-state index contributed by atoms with van der Waals surface area (Å²) >= 11 is 3.38. The zero-order chi connectivity index (χ0) is 13.5. The highest BCUT2D eigenvalue weighted by Gasteiger charge is 2.18. The molecule has 1 atom stereocenters. The van der Waals surface area contributed by atoms with Crippen LogP contribution in [0.5, 0.6) is 0 Å². The normalized spacial score (nSPS) is 13.4. The van der Waals surface area contributed by atoms with E-state index in [2.05, 4.69) is 20.9 Å². The van der Waals surface area contributed by atoms with Crippen LogP contribution >= 0.6 is 15.9 Å². The predicted octanol–water partition coefficient (Wildman–Crippen LogP) is 2.79. The number of aliphatic hydroxyl groups is 1. The molecule has 0 radical (unpaired) electrons. The lowest BCUT2D eigenvalue weighted by Crippen LogP contribution is -2.02. The number of hydrogen-bond acceptors (Lipinski definition) is 4. The molecule has 1 rings (SSSR count). The fourth-order valence-corrected chi connectivity index (χ4v) is 1.88. The van der Waals surface area contributed by atoms with Crippen LogP contribution in [0.3, 0.4) is 0 Å². The Hall–Kier alpha value is -1.27. The van der Waals surface area contributed by atoms with E-state index in [0.29, 0.717) is 17.9 Å². The minimum atomic E-state index is -0.452. The predicted molar refractivity (Wildman–Crippen MR) is 73.5 cm³/mol. The summed E-state index contributed by atoms with van der Waals surface area (Å²) < 4.78 is 0. The molecule has 0 amide bonds. The number of hydrogen-bond donors (Lipinski definition) is 1. The number of nitrogens with zero attached hydrogens (tertiary/aromatic N) is 2. The summed E-state index contributed by atoms with van der Waals surface area (Å²) in [7, 11) is 0. The Bertz CT molecular complexity index is 449. The molecule has 1 heterocycles. The number of rotatable bonds is 6. The van der Waals surface area contributed by atoms with Crippen LogP contribution in [0.15, 0.2) is 24.5 Å². The Morgan fingerprint density at radius 1 is 1.72 bits per heavy atom. The average Bonchev–Trinajstić information content (AvgIpc) is 2.38. The Kier molecular flexibility index (Phi) is 5.94. The van der Waals surface area contributed by atoms with Crippen molar-refractivity contribution < 1.29 is 10.0 Å². The van der Waals surface area contributed by atoms with Crippen molar-refractivity contribution in [2.45, 2.75) is 13.3 Å². The Morgan fingerprint density at radius 2 is 2.44 bits per heavy atom. The number of nitro groups is 1. The van der Waals surface area contributed by atoms with Gasteiger partial charge in [0.15, 0.2) is 0 Å². The van der Waals surface area contributed by atoms with E-state index in [9.17, 15) is 10.1 Å². The van der Waals surface area contributed by atoms with Crippen molar-refractivity contribution in [1.29, 1.82) is 0 Å². The lowest BCUT2D eigenvalue weighted by Gasteiger charge is -2.12. The van der Waals surface area contributed by atoms with Crippen LogP contribution in [0.1, 0.15) is 18.9 Å². The van der Waals surface area contributed by atoms with Gasteiger partial charge in [-0.2, -0.15) is 0 Å². The topological polar surface area (TPSA) is 76.3 Å². The molecule has 0 aromatic carbocycles. The highest BCUT2D eigenvalue weighted by molar-refractivity contribution is 9.09. The maximum absolute atomic E-state index is 11.0. The maximum atomic E-state index is 11.0. The molecular weight excluding hydrogens is 300 g/mol. The molecule has 1 aromatic heterocycles. The SMILES string of the molecule is CC(CBr)CC(=CCO)c1ccncc1[N+](=O)[O-]. The largest absolute Gasteiger partial charge is 0.392 e. The second-order valence-electron chi connectivity index (χ2n) is 4.03. The maximum Gasteiger partial charge on any atom is 0.294 e. The highest BCUT2D eigenvalue weighted by atomic mass is 79.9. The number of allylic oxidation sites excluding steroid dienone is 1. The van der Waals surface area contributed by atoms with Crippen LogP contribution in [0, 0.1) is 16.0 Å². The number of halogens is 1. The van der Waals surface area contributed by atoms with Crippen molar-refractivity contribution in [1.82, 2.24) is 4.98 Å². The summed E-state index contributed by atoms with van der Waals surface area (Å²) in [5, 5.41) is 20.8. The van der Waals surface area contributed by atoms with Crippen molar-refractivity contribution in [3.05, 3.63) is 40.2 Å². The summed E-state index contributed by atoms with van der Waals surface area (Å²) in [6.45, 7) is 1.90. The van der Waals surface area contributed by atoms with Gasteiger partial charge in [-0.05, 0) is 24.0 Å². The highest BCUT2D eigenvalue weighted by Crippen LogP contribution is 2.29. The number of alkyl halides is 1. The molecule has 0 spiro atoms. The van der Waals surface area contributed by atoms with Gasteiger partial charge in [-0.3, -0.25) is 15.1 Å². The first-order valence-electron chi connectivity index (χ1n) is 5.54. The van der Waals surface area contributed by atoms with Crippen molar-refractivity contribution in [2.75, 3.05) is 11.9 Å². The molecule has 0 bridgehead atoms. The fraction of sp³-hybridized carbons (Fsp3) is 0.417. The van der Waals surface area contributed by atoms with E-state index in [1.807, 2.05) is 6.92 Å². The van der Waals surface area contributed by atoms with E-state index in [1.165, 1.54) is 12.4 Å². The molecule has 5 nitrogen and oxygen atoms in total. The van der Waals surface area contributed by atoms with Crippen LogP contribution < -0.4 is 0 Å². The second-order valence-corrected chi connectivity index (χ2v) is 4.67. The summed E-state index contributed by atoms with van der Waals surface area (Å²) in [6.07, 6.45) is 5.03. The van der Waals surface area contributed by atoms with Crippen molar-refractivity contribution in [3.8, 4) is 0 Å². The minimum absolute atomic E-state index is 0.0287. The molecule has 0 aliphatic carbocycles. The molecule has 0 aliphatic heterocycles. The van der Waals surface area contributed by atoms with Crippen molar-refractivity contribution >= 4 is 27.2 Å². The van der Waals surface area contributed by atoms with E-state index in [1.54, 1.807) is 12.1 Å². The van der Waals surface area contributed by atoms with Gasteiger partial charge in [0.2, 0.25) is 0 Å². The lowest BCUT2D eigenvalue weighted by molar-refractivity contribution is -0.385. The zero-order valence-electron chi connectivity index (χ0n) is 10.0. The van der Waals surface area contributed by atoms with E-state index in [0.717, 1.165) is 10.9 Å². The third-order valence-electron chi connectivity index (χ3n) is 2.51. The van der Waals surface area contributed by atoms with Crippen LogP contribution in [-0.4, -0.2) is 27.0 Å². The van der Waals surface area contributed by atoms with Gasteiger partial charge in [-0.25, -0.2) is 0 Å². The van der Waals surface area contributed by atoms with Gasteiger partial charge >= 0.3 is 0 Å². The first-order chi connectivity index (χ1) is 8.60. The third kappa shape index (κ3) is 3.89. The molecule has 98 valence electrons. The lowest BCUT2D eigenvalue weighted by atomic mass is 9.96. The van der Waals surface area contributed by atoms with Gasteiger partial charge < -0.3 is 5.11 Å². The first kappa shape index (κ1) is 14.8.